The summed E-state index contributed by atoms with van der Waals surface area (Å²) in [6.07, 6.45) is 5.72. The van der Waals surface area contributed by atoms with Crippen molar-refractivity contribution >= 4 is 5.91 Å². The maximum atomic E-state index is 11.8. The Hall–Kier alpha value is -0.610. The smallest absolute Gasteiger partial charge is 0.235 e. The van der Waals surface area contributed by atoms with Gasteiger partial charge in [0.05, 0.1) is 6.54 Å². The molecule has 0 aromatic rings. The van der Waals surface area contributed by atoms with Gasteiger partial charge in [-0.05, 0) is 39.5 Å². The van der Waals surface area contributed by atoms with Gasteiger partial charge in [0.25, 0.3) is 0 Å². The molecule has 4 heteroatoms. The summed E-state index contributed by atoms with van der Waals surface area (Å²) in [5.74, 6) is 0.105. The first kappa shape index (κ1) is 15.4. The van der Waals surface area contributed by atoms with Crippen LogP contribution in [0.2, 0.25) is 0 Å². The molecule has 2 unspecified atom stereocenters. The van der Waals surface area contributed by atoms with Crippen LogP contribution >= 0.6 is 0 Å². The molecule has 0 aliphatic carbocycles. The van der Waals surface area contributed by atoms with E-state index in [0.717, 1.165) is 12.8 Å². The molecule has 0 spiro atoms. The average molecular weight is 255 g/mol. The number of nitrogens with one attached hydrogen (secondary N) is 2. The summed E-state index contributed by atoms with van der Waals surface area (Å²) < 4.78 is 0. The molecule has 1 saturated heterocycles. The van der Waals surface area contributed by atoms with Crippen LogP contribution in [0.1, 0.15) is 59.8 Å². The van der Waals surface area contributed by atoms with Crippen LogP contribution in [0.3, 0.4) is 0 Å². The summed E-state index contributed by atoms with van der Waals surface area (Å²) in [6, 6.07) is 1.36. The van der Waals surface area contributed by atoms with Gasteiger partial charge in [-0.15, -0.1) is 0 Å². The summed E-state index contributed by atoms with van der Waals surface area (Å²) in [5, 5.41) is 5.30. The number of amides is 1. The van der Waals surface area contributed by atoms with Gasteiger partial charge in [0.1, 0.15) is 0 Å². The number of rotatable bonds is 6. The van der Waals surface area contributed by atoms with Gasteiger partial charge in [0.15, 0.2) is 0 Å². The molecule has 1 aliphatic rings. The number of nitrogens with zero attached hydrogens (tertiary/aromatic N) is 1. The van der Waals surface area contributed by atoms with Gasteiger partial charge >= 0.3 is 0 Å². The molecule has 1 amide bonds. The van der Waals surface area contributed by atoms with Crippen LogP contribution in [0.15, 0.2) is 0 Å². The summed E-state index contributed by atoms with van der Waals surface area (Å²) in [7, 11) is 0. The highest BCUT2D eigenvalue weighted by Crippen LogP contribution is 2.19. The first-order chi connectivity index (χ1) is 8.58. The predicted octanol–water partition coefficient (Wildman–Crippen LogP) is 2.06. The number of hydrazine groups is 1. The molecule has 18 heavy (non-hydrogen) atoms. The highest BCUT2D eigenvalue weighted by molar-refractivity contribution is 5.78. The standard InChI is InChI=1S/C14H29N3O/c1-5-13(6-2)16-14(18)10-15-17-11(3)8-7-9-12(17)4/h11-13,15H,5-10H2,1-4H3,(H,16,18). The van der Waals surface area contributed by atoms with Crippen molar-refractivity contribution in [2.45, 2.75) is 77.9 Å². The lowest BCUT2D eigenvalue weighted by Crippen LogP contribution is -2.54. The van der Waals surface area contributed by atoms with Crippen LogP contribution in [0.4, 0.5) is 0 Å². The largest absolute Gasteiger partial charge is 0.352 e. The molecule has 1 heterocycles. The second-order valence-corrected chi connectivity index (χ2v) is 5.45. The van der Waals surface area contributed by atoms with Gasteiger partial charge in [-0.1, -0.05) is 20.3 Å². The average Bonchev–Trinajstić information content (AvgIpc) is 2.35. The molecule has 0 saturated carbocycles. The number of piperidine rings is 1. The fourth-order valence-corrected chi connectivity index (χ4v) is 2.67. The highest BCUT2D eigenvalue weighted by atomic mass is 16.2. The van der Waals surface area contributed by atoms with E-state index in [-0.39, 0.29) is 5.91 Å². The monoisotopic (exact) mass is 255 g/mol. The van der Waals surface area contributed by atoms with Crippen molar-refractivity contribution in [1.29, 1.82) is 0 Å². The molecule has 1 aliphatic heterocycles. The van der Waals surface area contributed by atoms with E-state index in [1.54, 1.807) is 0 Å². The lowest BCUT2D eigenvalue weighted by molar-refractivity contribution is -0.122. The fourth-order valence-electron chi connectivity index (χ4n) is 2.67. The molecular weight excluding hydrogens is 226 g/mol. The maximum absolute atomic E-state index is 11.8. The van der Waals surface area contributed by atoms with Crippen molar-refractivity contribution in [3.05, 3.63) is 0 Å². The van der Waals surface area contributed by atoms with E-state index < -0.39 is 0 Å². The summed E-state index contributed by atoms with van der Waals surface area (Å²) >= 11 is 0. The molecule has 2 N–H and O–H groups in total. The van der Waals surface area contributed by atoms with Crippen LogP contribution in [0.25, 0.3) is 0 Å². The Bertz CT molecular complexity index is 243. The SMILES string of the molecule is CCC(CC)NC(=O)CNN1C(C)CCCC1C. The summed E-state index contributed by atoms with van der Waals surface area (Å²) in [4.78, 5) is 11.8. The lowest BCUT2D eigenvalue weighted by Gasteiger charge is -2.39. The first-order valence-corrected chi connectivity index (χ1v) is 7.39. The fraction of sp³-hybridized carbons (Fsp3) is 0.929. The number of hydrogen-bond acceptors (Lipinski definition) is 3. The molecule has 4 nitrogen and oxygen atoms in total. The number of carbonyl (C=O) groups is 1. The van der Waals surface area contributed by atoms with Crippen LogP contribution < -0.4 is 10.7 Å². The quantitative estimate of drug-likeness (QED) is 0.763. The summed E-state index contributed by atoms with van der Waals surface area (Å²) in [6.45, 7) is 9.06. The zero-order valence-corrected chi connectivity index (χ0v) is 12.3. The molecule has 0 aromatic heterocycles. The number of hydrogen-bond donors (Lipinski definition) is 2. The third-order valence-electron chi connectivity index (χ3n) is 3.97. The van der Waals surface area contributed by atoms with E-state index in [0.29, 0.717) is 24.7 Å². The van der Waals surface area contributed by atoms with Gasteiger partial charge < -0.3 is 5.32 Å². The zero-order chi connectivity index (χ0) is 13.5. The van der Waals surface area contributed by atoms with Crippen molar-refractivity contribution in [3.63, 3.8) is 0 Å². The van der Waals surface area contributed by atoms with Crippen molar-refractivity contribution in [2.75, 3.05) is 6.54 Å². The van der Waals surface area contributed by atoms with E-state index in [9.17, 15) is 4.79 Å². The second kappa shape index (κ2) is 7.74. The third kappa shape index (κ3) is 4.58. The molecule has 106 valence electrons. The molecule has 0 bridgehead atoms. The van der Waals surface area contributed by atoms with E-state index in [2.05, 4.69) is 43.4 Å². The highest BCUT2D eigenvalue weighted by Gasteiger charge is 2.24. The molecule has 0 aromatic carbocycles. The minimum Gasteiger partial charge on any atom is -0.352 e. The van der Waals surface area contributed by atoms with E-state index in [1.807, 2.05) is 0 Å². The second-order valence-electron chi connectivity index (χ2n) is 5.45. The minimum atomic E-state index is 0.105. The van der Waals surface area contributed by atoms with Gasteiger partial charge in [-0.25, -0.2) is 10.4 Å². The van der Waals surface area contributed by atoms with Gasteiger partial charge in [-0.2, -0.15) is 0 Å². The van der Waals surface area contributed by atoms with Gasteiger partial charge in [-0.3, -0.25) is 4.79 Å². The van der Waals surface area contributed by atoms with E-state index in [1.165, 1.54) is 19.3 Å². The van der Waals surface area contributed by atoms with Crippen LogP contribution in [0, 0.1) is 0 Å². The Morgan fingerprint density at radius 1 is 1.22 bits per heavy atom. The normalized spacial score (nSPS) is 25.4. The third-order valence-corrected chi connectivity index (χ3v) is 3.97. The van der Waals surface area contributed by atoms with Gasteiger partial charge in [0.2, 0.25) is 5.91 Å². The molecule has 0 radical (unpaired) electrons. The van der Waals surface area contributed by atoms with Crippen LogP contribution in [0.5, 0.6) is 0 Å². The Morgan fingerprint density at radius 3 is 2.28 bits per heavy atom. The zero-order valence-electron chi connectivity index (χ0n) is 12.3. The minimum absolute atomic E-state index is 0.105. The van der Waals surface area contributed by atoms with Crippen molar-refractivity contribution in [3.8, 4) is 0 Å². The van der Waals surface area contributed by atoms with Crippen molar-refractivity contribution < 1.29 is 4.79 Å². The summed E-state index contributed by atoms with van der Waals surface area (Å²) in [5.41, 5.74) is 3.30. The Balaban J connectivity index is 2.32. The number of carbonyl (C=O) groups excluding carboxylic acids is 1. The molecule has 1 fully saturated rings. The van der Waals surface area contributed by atoms with Crippen LogP contribution in [-0.2, 0) is 4.79 Å². The lowest BCUT2D eigenvalue weighted by atomic mass is 10.00. The Morgan fingerprint density at radius 2 is 1.78 bits per heavy atom. The Kier molecular flexibility index (Phi) is 6.65. The Labute approximate surface area is 111 Å². The predicted molar refractivity (Wildman–Crippen MR) is 75.1 cm³/mol. The molecule has 1 rings (SSSR count). The van der Waals surface area contributed by atoms with E-state index in [4.69, 9.17) is 0 Å². The first-order valence-electron chi connectivity index (χ1n) is 7.39. The molecular formula is C14H29N3O. The van der Waals surface area contributed by atoms with Crippen molar-refractivity contribution in [2.24, 2.45) is 0 Å². The van der Waals surface area contributed by atoms with E-state index >= 15 is 0 Å². The van der Waals surface area contributed by atoms with Crippen LogP contribution in [-0.4, -0.2) is 35.6 Å². The topological polar surface area (TPSA) is 44.4 Å². The molecule has 2 atom stereocenters. The van der Waals surface area contributed by atoms with Gasteiger partial charge in [0, 0.05) is 18.1 Å². The van der Waals surface area contributed by atoms with Crippen molar-refractivity contribution in [1.82, 2.24) is 15.8 Å². The maximum Gasteiger partial charge on any atom is 0.235 e.